The second-order valence-corrected chi connectivity index (χ2v) is 5.03. The molecule has 100 valence electrons. The highest BCUT2D eigenvalue weighted by Gasteiger charge is 2.13. The fourth-order valence-corrected chi connectivity index (χ4v) is 2.28. The fourth-order valence-electron chi connectivity index (χ4n) is 2.01. The maximum Gasteiger partial charge on any atom is 0.155 e. The summed E-state index contributed by atoms with van der Waals surface area (Å²) in [6.07, 6.45) is 0. The lowest BCUT2D eigenvalue weighted by atomic mass is 10.0. The largest absolute Gasteiger partial charge is 0.496 e. The number of halogens is 1. The summed E-state index contributed by atoms with van der Waals surface area (Å²) in [7, 11) is 1.67. The topological polar surface area (TPSA) is 35.0 Å². The van der Waals surface area contributed by atoms with E-state index in [-0.39, 0.29) is 0 Å². The molecule has 0 bridgehead atoms. The molecule has 0 aliphatic carbocycles. The first-order valence-electron chi connectivity index (χ1n) is 6.10. The Morgan fingerprint density at radius 2 is 1.58 bits per heavy atom. The summed E-state index contributed by atoms with van der Waals surface area (Å²) < 4.78 is 5.32. The number of ether oxygens (including phenoxy) is 1. The quantitative estimate of drug-likeness (QED) is 0.830. The first-order valence-corrected chi connectivity index (χ1v) is 6.48. The van der Waals surface area contributed by atoms with Crippen LogP contribution in [-0.2, 0) is 0 Å². The fraction of sp³-hybridized carbons (Fsp3) is 0.333. The molecule has 0 aliphatic rings. The Labute approximate surface area is 118 Å². The minimum atomic E-state index is 0.441. The molecule has 2 aromatic rings. The van der Waals surface area contributed by atoms with Crippen LogP contribution in [0.4, 0.5) is 0 Å². The zero-order valence-corrected chi connectivity index (χ0v) is 12.6. The van der Waals surface area contributed by atoms with Gasteiger partial charge >= 0.3 is 0 Å². The number of nitrogens with zero attached hydrogens (tertiary/aromatic N) is 2. The summed E-state index contributed by atoms with van der Waals surface area (Å²) in [5, 5.41) is 0.441. The van der Waals surface area contributed by atoms with Crippen molar-refractivity contribution in [1.82, 2.24) is 9.97 Å². The van der Waals surface area contributed by atoms with E-state index in [4.69, 9.17) is 16.3 Å². The zero-order chi connectivity index (χ0) is 14.2. The number of benzene rings is 1. The predicted octanol–water partition coefficient (Wildman–Crippen LogP) is 4.04. The molecule has 19 heavy (non-hydrogen) atoms. The summed E-state index contributed by atoms with van der Waals surface area (Å²) in [5.74, 6) is 0.870. The summed E-state index contributed by atoms with van der Waals surface area (Å²) in [4.78, 5) is 8.90. The number of aryl methyl sites for hydroxylation is 4. The van der Waals surface area contributed by atoms with Gasteiger partial charge in [-0.05, 0) is 51.0 Å². The Morgan fingerprint density at radius 1 is 0.947 bits per heavy atom. The molecule has 1 heterocycles. The van der Waals surface area contributed by atoms with Gasteiger partial charge in [-0.15, -0.1) is 0 Å². The van der Waals surface area contributed by atoms with E-state index in [0.717, 1.165) is 39.5 Å². The van der Waals surface area contributed by atoms with Gasteiger partial charge in [-0.1, -0.05) is 11.6 Å². The van der Waals surface area contributed by atoms with Crippen molar-refractivity contribution in [3.63, 3.8) is 0 Å². The maximum absolute atomic E-state index is 6.23. The summed E-state index contributed by atoms with van der Waals surface area (Å²) in [5.41, 5.74) is 5.61. The van der Waals surface area contributed by atoms with E-state index in [1.807, 2.05) is 39.8 Å². The van der Waals surface area contributed by atoms with Crippen molar-refractivity contribution in [2.75, 3.05) is 7.11 Å². The van der Waals surface area contributed by atoms with Crippen LogP contribution >= 0.6 is 11.6 Å². The molecule has 0 fully saturated rings. The highest BCUT2D eigenvalue weighted by Crippen LogP contribution is 2.32. The second kappa shape index (κ2) is 5.17. The molecule has 0 unspecified atom stereocenters. The Kier molecular flexibility index (Phi) is 3.76. The number of rotatable bonds is 2. The number of aromatic nitrogens is 2. The van der Waals surface area contributed by atoms with Gasteiger partial charge < -0.3 is 4.74 Å². The molecule has 1 aromatic heterocycles. The third-order valence-electron chi connectivity index (χ3n) is 3.26. The van der Waals surface area contributed by atoms with Gasteiger partial charge in [-0.3, -0.25) is 0 Å². The Balaban J connectivity index is 2.65. The molecule has 0 saturated carbocycles. The summed E-state index contributed by atoms with van der Waals surface area (Å²) in [6, 6.07) is 4.04. The van der Waals surface area contributed by atoms with E-state index < -0.39 is 0 Å². The van der Waals surface area contributed by atoms with Crippen molar-refractivity contribution < 1.29 is 4.74 Å². The van der Waals surface area contributed by atoms with E-state index in [1.165, 1.54) is 0 Å². The minimum absolute atomic E-state index is 0.441. The lowest BCUT2D eigenvalue weighted by Gasteiger charge is -2.13. The van der Waals surface area contributed by atoms with Crippen molar-refractivity contribution in [1.29, 1.82) is 0 Å². The van der Waals surface area contributed by atoms with E-state index in [1.54, 1.807) is 7.11 Å². The normalized spacial score (nSPS) is 10.6. The van der Waals surface area contributed by atoms with Crippen LogP contribution in [0, 0.1) is 27.7 Å². The summed E-state index contributed by atoms with van der Waals surface area (Å²) in [6.45, 7) is 7.87. The lowest BCUT2D eigenvalue weighted by molar-refractivity contribution is 0.411. The van der Waals surface area contributed by atoms with Crippen LogP contribution in [0.2, 0.25) is 5.15 Å². The highest BCUT2D eigenvalue weighted by molar-refractivity contribution is 6.31. The van der Waals surface area contributed by atoms with Crippen LogP contribution in [0.15, 0.2) is 12.1 Å². The van der Waals surface area contributed by atoms with Crippen LogP contribution < -0.4 is 4.74 Å². The van der Waals surface area contributed by atoms with Crippen molar-refractivity contribution in [3.05, 3.63) is 39.8 Å². The van der Waals surface area contributed by atoms with Crippen LogP contribution in [-0.4, -0.2) is 17.1 Å². The van der Waals surface area contributed by atoms with Gasteiger partial charge in [0, 0.05) is 5.56 Å². The SMILES string of the molecule is COc1cc(C)c(-c2nc(C)c(C)nc2Cl)cc1C. The molecule has 0 aliphatic heterocycles. The average Bonchev–Trinajstić information content (AvgIpc) is 2.36. The minimum Gasteiger partial charge on any atom is -0.496 e. The van der Waals surface area contributed by atoms with E-state index in [9.17, 15) is 0 Å². The number of hydrogen-bond donors (Lipinski definition) is 0. The smallest absolute Gasteiger partial charge is 0.155 e. The molecule has 3 nitrogen and oxygen atoms in total. The molecule has 0 saturated heterocycles. The van der Waals surface area contributed by atoms with Gasteiger partial charge in [0.05, 0.1) is 18.5 Å². The monoisotopic (exact) mass is 276 g/mol. The van der Waals surface area contributed by atoms with E-state index in [2.05, 4.69) is 9.97 Å². The van der Waals surface area contributed by atoms with Crippen molar-refractivity contribution in [2.45, 2.75) is 27.7 Å². The van der Waals surface area contributed by atoms with Crippen LogP contribution in [0.25, 0.3) is 11.3 Å². The van der Waals surface area contributed by atoms with Gasteiger partial charge in [0.1, 0.15) is 11.4 Å². The molecule has 0 spiro atoms. The van der Waals surface area contributed by atoms with Gasteiger partial charge in [0.15, 0.2) is 5.15 Å². The standard InChI is InChI=1S/C15H17ClN2O/c1-8-7-13(19-5)9(2)6-12(8)14-15(16)18-11(4)10(3)17-14/h6-7H,1-5H3. The molecule has 0 N–H and O–H groups in total. The molecular formula is C15H17ClN2O. The molecule has 2 rings (SSSR count). The third kappa shape index (κ3) is 2.56. The molecule has 0 amide bonds. The zero-order valence-electron chi connectivity index (χ0n) is 11.8. The van der Waals surface area contributed by atoms with Gasteiger partial charge in [0.25, 0.3) is 0 Å². The first-order chi connectivity index (χ1) is 8.93. The molecule has 0 atom stereocenters. The molecular weight excluding hydrogens is 260 g/mol. The predicted molar refractivity (Wildman–Crippen MR) is 78.0 cm³/mol. The molecule has 4 heteroatoms. The van der Waals surface area contributed by atoms with Crippen LogP contribution in [0.5, 0.6) is 5.75 Å². The van der Waals surface area contributed by atoms with Gasteiger partial charge in [-0.25, -0.2) is 9.97 Å². The second-order valence-electron chi connectivity index (χ2n) is 4.67. The maximum atomic E-state index is 6.23. The Morgan fingerprint density at radius 3 is 2.21 bits per heavy atom. The van der Waals surface area contributed by atoms with E-state index in [0.29, 0.717) is 5.15 Å². The van der Waals surface area contributed by atoms with Gasteiger partial charge in [0.2, 0.25) is 0 Å². The van der Waals surface area contributed by atoms with Gasteiger partial charge in [-0.2, -0.15) is 0 Å². The average molecular weight is 277 g/mol. The van der Waals surface area contributed by atoms with Crippen molar-refractivity contribution in [2.24, 2.45) is 0 Å². The van der Waals surface area contributed by atoms with E-state index >= 15 is 0 Å². The number of methoxy groups -OCH3 is 1. The lowest BCUT2D eigenvalue weighted by Crippen LogP contribution is -1.99. The molecule has 1 aromatic carbocycles. The summed E-state index contributed by atoms with van der Waals surface area (Å²) >= 11 is 6.23. The first kappa shape index (κ1) is 13.8. The van der Waals surface area contributed by atoms with Crippen molar-refractivity contribution >= 4 is 11.6 Å². The Hall–Kier alpha value is -1.61. The van der Waals surface area contributed by atoms with Crippen molar-refractivity contribution in [3.8, 4) is 17.0 Å². The third-order valence-corrected chi connectivity index (χ3v) is 3.52. The Bertz CT molecular complexity index is 639. The van der Waals surface area contributed by atoms with Crippen LogP contribution in [0.1, 0.15) is 22.5 Å². The van der Waals surface area contributed by atoms with Crippen LogP contribution in [0.3, 0.4) is 0 Å². The number of hydrogen-bond acceptors (Lipinski definition) is 3. The molecule has 0 radical (unpaired) electrons. The highest BCUT2D eigenvalue weighted by atomic mass is 35.5.